The summed E-state index contributed by atoms with van der Waals surface area (Å²) in [7, 11) is 0. The van der Waals surface area contributed by atoms with Gasteiger partial charge >= 0.3 is 0 Å². The van der Waals surface area contributed by atoms with Crippen LogP contribution in [-0.4, -0.2) is 29.9 Å². The number of fused-ring (bicyclic) bond motifs is 1. The highest BCUT2D eigenvalue weighted by molar-refractivity contribution is 5.78. The highest BCUT2D eigenvalue weighted by atomic mass is 16.2. The number of amides is 1. The molecule has 3 rings (SSSR count). The third-order valence-corrected chi connectivity index (χ3v) is 4.22. The fourth-order valence-corrected chi connectivity index (χ4v) is 3.16. The number of likely N-dealkylation sites (tertiary alicyclic amines) is 1. The molecule has 1 saturated heterocycles. The summed E-state index contributed by atoms with van der Waals surface area (Å²) in [5, 5.41) is 3.47. The van der Waals surface area contributed by atoms with Crippen molar-refractivity contribution in [2.24, 2.45) is 0 Å². The number of nitrogens with one attached hydrogen (secondary N) is 1. The molecule has 1 aromatic rings. The molecule has 1 fully saturated rings. The lowest BCUT2D eigenvalue weighted by atomic mass is 10.1. The summed E-state index contributed by atoms with van der Waals surface area (Å²) in [6, 6.07) is 8.66. The molecule has 3 heteroatoms. The van der Waals surface area contributed by atoms with Crippen LogP contribution in [0.3, 0.4) is 0 Å². The van der Waals surface area contributed by atoms with Crippen molar-refractivity contribution in [1.82, 2.24) is 4.90 Å². The van der Waals surface area contributed by atoms with Crippen molar-refractivity contribution >= 4 is 11.6 Å². The molecule has 0 saturated carbocycles. The summed E-state index contributed by atoms with van der Waals surface area (Å²) >= 11 is 0. The third-order valence-electron chi connectivity index (χ3n) is 4.22. The molecule has 1 unspecified atom stereocenters. The predicted molar refractivity (Wildman–Crippen MR) is 77.2 cm³/mol. The van der Waals surface area contributed by atoms with Crippen LogP contribution in [0.1, 0.15) is 37.7 Å². The number of hydrogen-bond donors (Lipinski definition) is 1. The average molecular weight is 258 g/mol. The minimum Gasteiger partial charge on any atom is -0.381 e. The number of carbonyl (C=O) groups is 1. The van der Waals surface area contributed by atoms with Crippen LogP contribution in [0.5, 0.6) is 0 Å². The Morgan fingerprint density at radius 1 is 1.16 bits per heavy atom. The highest BCUT2D eigenvalue weighted by Crippen LogP contribution is 2.27. The number of hydrogen-bond acceptors (Lipinski definition) is 2. The van der Waals surface area contributed by atoms with Crippen molar-refractivity contribution < 1.29 is 4.79 Å². The maximum Gasteiger partial charge on any atom is 0.224 e. The van der Waals surface area contributed by atoms with Gasteiger partial charge in [-0.2, -0.15) is 0 Å². The first-order chi connectivity index (χ1) is 9.33. The molecule has 2 aliphatic heterocycles. The summed E-state index contributed by atoms with van der Waals surface area (Å²) in [6.07, 6.45) is 6.51. The van der Waals surface area contributed by atoms with Gasteiger partial charge in [-0.15, -0.1) is 0 Å². The van der Waals surface area contributed by atoms with Crippen LogP contribution < -0.4 is 5.32 Å². The number of rotatable bonds is 2. The second-order valence-corrected chi connectivity index (χ2v) is 5.70. The van der Waals surface area contributed by atoms with Crippen molar-refractivity contribution in [3.05, 3.63) is 29.8 Å². The molecule has 2 aliphatic rings. The maximum absolute atomic E-state index is 12.3. The van der Waals surface area contributed by atoms with Gasteiger partial charge in [0.15, 0.2) is 0 Å². The van der Waals surface area contributed by atoms with Crippen LogP contribution in [0.25, 0.3) is 0 Å². The van der Waals surface area contributed by atoms with Gasteiger partial charge in [-0.25, -0.2) is 0 Å². The van der Waals surface area contributed by atoms with Crippen LogP contribution in [0.2, 0.25) is 0 Å². The zero-order chi connectivity index (χ0) is 13.1. The molecule has 1 atom stereocenters. The zero-order valence-corrected chi connectivity index (χ0v) is 11.4. The Hall–Kier alpha value is -1.51. The first kappa shape index (κ1) is 12.5. The van der Waals surface area contributed by atoms with Gasteiger partial charge in [0.2, 0.25) is 5.91 Å². The molecule has 0 aliphatic carbocycles. The Kier molecular flexibility index (Phi) is 3.72. The van der Waals surface area contributed by atoms with E-state index in [-0.39, 0.29) is 6.04 Å². The minimum absolute atomic E-state index is 0.285. The van der Waals surface area contributed by atoms with E-state index in [1.54, 1.807) is 0 Å². The van der Waals surface area contributed by atoms with E-state index in [1.165, 1.54) is 36.9 Å². The second kappa shape index (κ2) is 5.64. The van der Waals surface area contributed by atoms with Crippen LogP contribution in [-0.2, 0) is 11.2 Å². The molecule has 0 radical (unpaired) electrons. The van der Waals surface area contributed by atoms with E-state index in [2.05, 4.69) is 28.4 Å². The lowest BCUT2D eigenvalue weighted by molar-refractivity contribution is -0.131. The van der Waals surface area contributed by atoms with Crippen LogP contribution in [0, 0.1) is 0 Å². The summed E-state index contributed by atoms with van der Waals surface area (Å²) in [4.78, 5) is 14.4. The van der Waals surface area contributed by atoms with Crippen molar-refractivity contribution in [3.8, 4) is 0 Å². The molecule has 0 bridgehead atoms. The summed E-state index contributed by atoms with van der Waals surface area (Å²) in [6.45, 7) is 1.91. The van der Waals surface area contributed by atoms with Crippen LogP contribution in [0.15, 0.2) is 24.3 Å². The predicted octanol–water partition coefficient (Wildman–Crippen LogP) is 2.82. The number of para-hydroxylation sites is 1. The topological polar surface area (TPSA) is 32.3 Å². The minimum atomic E-state index is 0.285. The molecule has 2 heterocycles. The molecule has 1 N–H and O–H groups in total. The third kappa shape index (κ3) is 2.91. The SMILES string of the molecule is O=C(CC1Cc2ccccc2N1)N1CCCCCC1. The maximum atomic E-state index is 12.3. The van der Waals surface area contributed by atoms with Crippen molar-refractivity contribution in [2.75, 3.05) is 18.4 Å². The summed E-state index contributed by atoms with van der Waals surface area (Å²) in [5.41, 5.74) is 2.55. The van der Waals surface area contributed by atoms with Crippen molar-refractivity contribution in [1.29, 1.82) is 0 Å². The standard InChI is InChI=1S/C16H22N2O/c19-16(18-9-5-1-2-6-10-18)12-14-11-13-7-3-4-8-15(13)17-14/h3-4,7-8,14,17H,1-2,5-6,9-12H2. The first-order valence-electron chi connectivity index (χ1n) is 7.45. The summed E-state index contributed by atoms with van der Waals surface area (Å²) in [5.74, 6) is 0.326. The van der Waals surface area contributed by atoms with E-state index >= 15 is 0 Å². The lowest BCUT2D eigenvalue weighted by Crippen LogP contribution is -2.35. The van der Waals surface area contributed by atoms with Gasteiger partial charge in [-0.1, -0.05) is 31.0 Å². The fraction of sp³-hybridized carbons (Fsp3) is 0.562. The molecular formula is C16H22N2O. The molecule has 0 aromatic heterocycles. The van der Waals surface area contributed by atoms with Gasteiger partial charge in [0.25, 0.3) is 0 Å². The van der Waals surface area contributed by atoms with Gasteiger partial charge in [0, 0.05) is 31.2 Å². The fourth-order valence-electron chi connectivity index (χ4n) is 3.16. The number of carbonyl (C=O) groups excluding carboxylic acids is 1. The molecule has 0 spiro atoms. The molecule has 102 valence electrons. The number of benzene rings is 1. The molecule has 1 aromatic carbocycles. The second-order valence-electron chi connectivity index (χ2n) is 5.70. The lowest BCUT2D eigenvalue weighted by Gasteiger charge is -2.22. The van der Waals surface area contributed by atoms with E-state index in [1.807, 2.05) is 6.07 Å². The van der Waals surface area contributed by atoms with Crippen molar-refractivity contribution in [3.63, 3.8) is 0 Å². The average Bonchev–Trinajstić information content (AvgIpc) is 2.63. The quantitative estimate of drug-likeness (QED) is 0.884. The Bertz CT molecular complexity index is 425. The van der Waals surface area contributed by atoms with Gasteiger partial charge in [0.05, 0.1) is 0 Å². The van der Waals surface area contributed by atoms with Gasteiger partial charge in [-0.3, -0.25) is 4.79 Å². The van der Waals surface area contributed by atoms with E-state index in [0.29, 0.717) is 12.3 Å². The Labute approximate surface area is 115 Å². The molecule has 3 nitrogen and oxygen atoms in total. The first-order valence-corrected chi connectivity index (χ1v) is 7.45. The number of anilines is 1. The van der Waals surface area contributed by atoms with E-state index in [9.17, 15) is 4.79 Å². The molecule has 1 amide bonds. The van der Waals surface area contributed by atoms with Crippen LogP contribution >= 0.6 is 0 Å². The van der Waals surface area contributed by atoms with Crippen LogP contribution in [0.4, 0.5) is 5.69 Å². The normalized spacial score (nSPS) is 22.5. The Balaban J connectivity index is 1.56. The summed E-state index contributed by atoms with van der Waals surface area (Å²) < 4.78 is 0. The van der Waals surface area contributed by atoms with Gasteiger partial charge in [-0.05, 0) is 30.9 Å². The van der Waals surface area contributed by atoms with E-state index in [4.69, 9.17) is 0 Å². The Morgan fingerprint density at radius 3 is 2.63 bits per heavy atom. The van der Waals surface area contributed by atoms with Crippen molar-refractivity contribution in [2.45, 2.75) is 44.6 Å². The van der Waals surface area contributed by atoms with Gasteiger partial charge < -0.3 is 10.2 Å². The largest absolute Gasteiger partial charge is 0.381 e. The number of nitrogens with zero attached hydrogens (tertiary/aromatic N) is 1. The molecular weight excluding hydrogens is 236 g/mol. The van der Waals surface area contributed by atoms with E-state index in [0.717, 1.165) is 19.5 Å². The monoisotopic (exact) mass is 258 g/mol. The van der Waals surface area contributed by atoms with E-state index < -0.39 is 0 Å². The molecule has 19 heavy (non-hydrogen) atoms. The smallest absolute Gasteiger partial charge is 0.224 e. The zero-order valence-electron chi connectivity index (χ0n) is 11.4. The van der Waals surface area contributed by atoms with Gasteiger partial charge in [0.1, 0.15) is 0 Å². The highest BCUT2D eigenvalue weighted by Gasteiger charge is 2.25. The Morgan fingerprint density at radius 2 is 1.89 bits per heavy atom.